The molecule has 2 aromatic rings. The molecule has 2 atom stereocenters. The molecule has 1 saturated heterocycles. The van der Waals surface area contributed by atoms with E-state index in [4.69, 9.17) is 4.74 Å². The first-order valence-corrected chi connectivity index (χ1v) is 7.27. The molecule has 0 saturated carbocycles. The summed E-state index contributed by atoms with van der Waals surface area (Å²) in [6.07, 6.45) is -0.439. The summed E-state index contributed by atoms with van der Waals surface area (Å²) in [5.41, 5.74) is 1.55. The van der Waals surface area contributed by atoms with Gasteiger partial charge in [-0.3, -0.25) is 9.69 Å². The molecule has 1 heterocycles. The van der Waals surface area contributed by atoms with Gasteiger partial charge in [-0.2, -0.15) is 0 Å². The molecule has 0 radical (unpaired) electrons. The average Bonchev–Trinajstić information content (AvgIpc) is 3.25. The third kappa shape index (κ3) is 2.86. The highest BCUT2D eigenvalue weighted by molar-refractivity contribution is 6.04. The lowest BCUT2D eigenvalue weighted by Crippen LogP contribution is -2.20. The van der Waals surface area contributed by atoms with E-state index in [0.29, 0.717) is 5.56 Å². The van der Waals surface area contributed by atoms with Gasteiger partial charge in [0.25, 0.3) is 0 Å². The van der Waals surface area contributed by atoms with Crippen LogP contribution in [-0.4, -0.2) is 28.9 Å². The fourth-order valence-corrected chi connectivity index (χ4v) is 2.54. The standard InChI is InChI=1S/C18H17NO3/c1-13-16(17(20)15-10-6-3-7-11-15)19(13)18(21)22-12-14-8-4-2-5-9-14/h2-11,13,16H,12H2,1H3. The topological polar surface area (TPSA) is 46.4 Å². The second-order valence-corrected chi connectivity index (χ2v) is 5.36. The van der Waals surface area contributed by atoms with Gasteiger partial charge in [-0.25, -0.2) is 4.79 Å². The van der Waals surface area contributed by atoms with Gasteiger partial charge in [-0.15, -0.1) is 0 Å². The third-order valence-electron chi connectivity index (χ3n) is 3.85. The summed E-state index contributed by atoms with van der Waals surface area (Å²) in [7, 11) is 0. The minimum atomic E-state index is -0.439. The maximum Gasteiger partial charge on any atom is 0.411 e. The van der Waals surface area contributed by atoms with Crippen molar-refractivity contribution in [2.24, 2.45) is 0 Å². The van der Waals surface area contributed by atoms with E-state index in [0.717, 1.165) is 5.56 Å². The molecule has 4 heteroatoms. The Balaban J connectivity index is 1.59. The van der Waals surface area contributed by atoms with E-state index in [1.54, 1.807) is 12.1 Å². The van der Waals surface area contributed by atoms with Crippen LogP contribution < -0.4 is 0 Å². The minimum absolute atomic E-state index is 0.0373. The van der Waals surface area contributed by atoms with Gasteiger partial charge in [0, 0.05) is 5.56 Å². The van der Waals surface area contributed by atoms with E-state index in [1.165, 1.54) is 4.90 Å². The number of ketones is 1. The Kier molecular flexibility index (Phi) is 3.92. The molecule has 0 aliphatic carbocycles. The van der Waals surface area contributed by atoms with Crippen LogP contribution in [0.25, 0.3) is 0 Å². The zero-order valence-corrected chi connectivity index (χ0v) is 12.3. The molecule has 112 valence electrons. The van der Waals surface area contributed by atoms with Crippen LogP contribution in [-0.2, 0) is 11.3 Å². The number of hydrogen-bond acceptors (Lipinski definition) is 3. The molecular formula is C18H17NO3. The average molecular weight is 295 g/mol. The van der Waals surface area contributed by atoms with Gasteiger partial charge in [0.15, 0.2) is 5.78 Å². The first kappa shape index (κ1) is 14.3. The molecule has 4 nitrogen and oxygen atoms in total. The fraction of sp³-hybridized carbons (Fsp3) is 0.222. The van der Waals surface area contributed by atoms with Crippen LogP contribution in [0, 0.1) is 0 Å². The van der Waals surface area contributed by atoms with Gasteiger partial charge in [0.05, 0.1) is 6.04 Å². The largest absolute Gasteiger partial charge is 0.445 e. The van der Waals surface area contributed by atoms with Crippen LogP contribution >= 0.6 is 0 Å². The van der Waals surface area contributed by atoms with Crippen molar-refractivity contribution >= 4 is 11.9 Å². The molecule has 1 fully saturated rings. The van der Waals surface area contributed by atoms with Crippen molar-refractivity contribution < 1.29 is 14.3 Å². The Labute approximate surface area is 129 Å². The lowest BCUT2D eigenvalue weighted by Gasteiger charge is -2.06. The van der Waals surface area contributed by atoms with E-state index < -0.39 is 12.1 Å². The number of benzene rings is 2. The molecule has 2 aromatic carbocycles. The van der Waals surface area contributed by atoms with Gasteiger partial charge in [-0.05, 0) is 12.5 Å². The fourth-order valence-electron chi connectivity index (χ4n) is 2.54. The Morgan fingerprint density at radius 1 is 1.00 bits per heavy atom. The number of carbonyl (C=O) groups is 2. The number of rotatable bonds is 4. The zero-order valence-electron chi connectivity index (χ0n) is 12.3. The van der Waals surface area contributed by atoms with Gasteiger partial charge in [-0.1, -0.05) is 60.7 Å². The van der Waals surface area contributed by atoms with Gasteiger partial charge in [0.2, 0.25) is 0 Å². The van der Waals surface area contributed by atoms with Crippen molar-refractivity contribution in [3.8, 4) is 0 Å². The molecular weight excluding hydrogens is 278 g/mol. The van der Waals surface area contributed by atoms with Crippen molar-refractivity contribution in [3.63, 3.8) is 0 Å². The molecule has 0 bridgehead atoms. The number of amides is 1. The van der Waals surface area contributed by atoms with Gasteiger partial charge >= 0.3 is 6.09 Å². The van der Waals surface area contributed by atoms with Gasteiger partial charge < -0.3 is 4.74 Å². The summed E-state index contributed by atoms with van der Waals surface area (Å²) < 4.78 is 5.27. The molecule has 1 aliphatic heterocycles. The Bertz CT molecular complexity index is 669. The van der Waals surface area contributed by atoms with Crippen molar-refractivity contribution in [1.29, 1.82) is 0 Å². The summed E-state index contributed by atoms with van der Waals surface area (Å²) in [4.78, 5) is 25.9. The summed E-state index contributed by atoms with van der Waals surface area (Å²) in [6, 6.07) is 18.0. The number of ether oxygens (including phenoxy) is 1. The molecule has 0 spiro atoms. The molecule has 0 N–H and O–H groups in total. The third-order valence-corrected chi connectivity index (χ3v) is 3.85. The molecule has 0 aromatic heterocycles. The molecule has 3 rings (SSSR count). The van der Waals surface area contributed by atoms with Crippen molar-refractivity contribution in [3.05, 3.63) is 71.8 Å². The van der Waals surface area contributed by atoms with Crippen LogP contribution in [0.5, 0.6) is 0 Å². The highest BCUT2D eigenvalue weighted by Gasteiger charge is 2.53. The highest BCUT2D eigenvalue weighted by atomic mass is 16.6. The molecule has 1 aliphatic rings. The smallest absolute Gasteiger partial charge is 0.411 e. The van der Waals surface area contributed by atoms with E-state index in [1.807, 2.05) is 55.5 Å². The van der Waals surface area contributed by atoms with Crippen LogP contribution in [0.15, 0.2) is 60.7 Å². The van der Waals surface area contributed by atoms with Gasteiger partial charge in [0.1, 0.15) is 12.6 Å². The predicted molar refractivity (Wildman–Crippen MR) is 82.5 cm³/mol. The first-order chi connectivity index (χ1) is 10.7. The maximum absolute atomic E-state index is 12.4. The maximum atomic E-state index is 12.4. The molecule has 2 unspecified atom stereocenters. The quantitative estimate of drug-likeness (QED) is 0.642. The van der Waals surface area contributed by atoms with E-state index in [-0.39, 0.29) is 18.4 Å². The Hall–Kier alpha value is -2.62. The monoisotopic (exact) mass is 295 g/mol. The van der Waals surface area contributed by atoms with Crippen molar-refractivity contribution in [1.82, 2.24) is 4.90 Å². The second kappa shape index (κ2) is 6.02. The lowest BCUT2D eigenvalue weighted by atomic mass is 10.1. The molecule has 1 amide bonds. The van der Waals surface area contributed by atoms with E-state index in [9.17, 15) is 9.59 Å². The molecule has 22 heavy (non-hydrogen) atoms. The number of carbonyl (C=O) groups excluding carboxylic acids is 2. The lowest BCUT2D eigenvalue weighted by molar-refractivity contribution is 0.0942. The Morgan fingerprint density at radius 2 is 1.59 bits per heavy atom. The summed E-state index contributed by atoms with van der Waals surface area (Å²) in [5.74, 6) is -0.0373. The second-order valence-electron chi connectivity index (χ2n) is 5.36. The number of nitrogens with zero attached hydrogens (tertiary/aromatic N) is 1. The van der Waals surface area contributed by atoms with Crippen molar-refractivity contribution in [2.75, 3.05) is 0 Å². The highest BCUT2D eigenvalue weighted by Crippen LogP contribution is 2.32. The van der Waals surface area contributed by atoms with Crippen LogP contribution in [0.3, 0.4) is 0 Å². The first-order valence-electron chi connectivity index (χ1n) is 7.27. The summed E-state index contributed by atoms with van der Waals surface area (Å²) in [5, 5.41) is 0. The summed E-state index contributed by atoms with van der Waals surface area (Å²) in [6.45, 7) is 2.07. The van der Waals surface area contributed by atoms with E-state index >= 15 is 0 Å². The number of Topliss-reactive ketones (excluding diaryl/α,β-unsaturated/α-hetero) is 1. The van der Waals surface area contributed by atoms with Crippen LogP contribution in [0.2, 0.25) is 0 Å². The van der Waals surface area contributed by atoms with E-state index in [2.05, 4.69) is 0 Å². The van der Waals surface area contributed by atoms with Crippen LogP contribution in [0.4, 0.5) is 4.79 Å². The Morgan fingerprint density at radius 3 is 2.23 bits per heavy atom. The number of hydrogen-bond donors (Lipinski definition) is 0. The van der Waals surface area contributed by atoms with Crippen molar-refractivity contribution in [2.45, 2.75) is 25.6 Å². The summed E-state index contributed by atoms with van der Waals surface area (Å²) >= 11 is 0. The predicted octanol–water partition coefficient (Wildman–Crippen LogP) is 3.28. The minimum Gasteiger partial charge on any atom is -0.445 e. The normalized spacial score (nSPS) is 19.6. The SMILES string of the molecule is CC1C(C(=O)c2ccccc2)N1C(=O)OCc1ccccc1. The zero-order chi connectivity index (χ0) is 15.5. The van der Waals surface area contributed by atoms with Crippen LogP contribution in [0.1, 0.15) is 22.8 Å².